The molecule has 0 aromatic heterocycles. The quantitative estimate of drug-likeness (QED) is 0.746. The molecule has 0 saturated carbocycles. The normalized spacial score (nSPS) is 10.2. The van der Waals surface area contributed by atoms with Crippen LogP contribution in [0.5, 0.6) is 11.5 Å². The van der Waals surface area contributed by atoms with Crippen molar-refractivity contribution >= 4 is 0 Å². The average molecular weight is 224 g/mol. The summed E-state index contributed by atoms with van der Waals surface area (Å²) in [5.41, 5.74) is 13.5. The van der Waals surface area contributed by atoms with Crippen LogP contribution < -0.4 is 20.9 Å². The molecule has 0 aliphatic carbocycles. The Hall–Kier alpha value is -1.26. The zero-order chi connectivity index (χ0) is 12.0. The average Bonchev–Trinajstić information content (AvgIpc) is 2.31. The Kier molecular flexibility index (Phi) is 5.08. The van der Waals surface area contributed by atoms with Gasteiger partial charge in [-0.3, -0.25) is 0 Å². The predicted molar refractivity (Wildman–Crippen MR) is 65.1 cm³/mol. The van der Waals surface area contributed by atoms with E-state index in [2.05, 4.69) is 0 Å². The number of nitrogens with two attached hydrogens (primary N) is 2. The Balaban J connectivity index is 3.12. The summed E-state index contributed by atoms with van der Waals surface area (Å²) < 4.78 is 10.5. The van der Waals surface area contributed by atoms with Crippen molar-refractivity contribution in [3.05, 3.63) is 23.3 Å². The maximum absolute atomic E-state index is 5.58. The molecule has 0 bridgehead atoms. The monoisotopic (exact) mass is 224 g/mol. The Morgan fingerprint density at radius 1 is 0.875 bits per heavy atom. The van der Waals surface area contributed by atoms with E-state index in [-0.39, 0.29) is 0 Å². The van der Waals surface area contributed by atoms with Crippen LogP contribution in [0.3, 0.4) is 0 Å². The summed E-state index contributed by atoms with van der Waals surface area (Å²) in [4.78, 5) is 0. The lowest BCUT2D eigenvalue weighted by Gasteiger charge is -2.14. The molecule has 16 heavy (non-hydrogen) atoms. The van der Waals surface area contributed by atoms with Crippen molar-refractivity contribution in [2.45, 2.75) is 12.8 Å². The van der Waals surface area contributed by atoms with Gasteiger partial charge in [0.15, 0.2) is 11.5 Å². The molecule has 1 rings (SSSR count). The summed E-state index contributed by atoms with van der Waals surface area (Å²) in [5.74, 6) is 1.48. The van der Waals surface area contributed by atoms with E-state index in [0.717, 1.165) is 24.3 Å². The molecular weight excluding hydrogens is 204 g/mol. The Labute approximate surface area is 96.5 Å². The number of ether oxygens (including phenoxy) is 2. The third-order valence-corrected chi connectivity index (χ3v) is 2.53. The van der Waals surface area contributed by atoms with Gasteiger partial charge in [0.05, 0.1) is 14.2 Å². The fraction of sp³-hybridized carbons (Fsp3) is 0.500. The lowest BCUT2D eigenvalue weighted by atomic mass is 10.0. The maximum Gasteiger partial charge on any atom is 0.161 e. The molecule has 0 aliphatic heterocycles. The van der Waals surface area contributed by atoms with E-state index in [1.165, 1.54) is 11.1 Å². The molecule has 4 heteroatoms. The second-order valence-electron chi connectivity index (χ2n) is 3.55. The number of rotatable bonds is 6. The van der Waals surface area contributed by atoms with Crippen molar-refractivity contribution in [2.75, 3.05) is 27.3 Å². The van der Waals surface area contributed by atoms with E-state index < -0.39 is 0 Å². The Morgan fingerprint density at radius 3 is 1.50 bits per heavy atom. The van der Waals surface area contributed by atoms with Crippen molar-refractivity contribution in [3.8, 4) is 11.5 Å². The number of methoxy groups -OCH3 is 2. The van der Waals surface area contributed by atoms with E-state index in [9.17, 15) is 0 Å². The first kappa shape index (κ1) is 12.8. The summed E-state index contributed by atoms with van der Waals surface area (Å²) in [6.07, 6.45) is 1.66. The van der Waals surface area contributed by atoms with Gasteiger partial charge >= 0.3 is 0 Å². The zero-order valence-corrected chi connectivity index (χ0v) is 9.95. The largest absolute Gasteiger partial charge is 0.493 e. The van der Waals surface area contributed by atoms with Crippen LogP contribution in [0, 0.1) is 0 Å². The van der Waals surface area contributed by atoms with Gasteiger partial charge in [-0.1, -0.05) is 0 Å². The summed E-state index contributed by atoms with van der Waals surface area (Å²) in [5, 5.41) is 0. The second kappa shape index (κ2) is 6.35. The van der Waals surface area contributed by atoms with Gasteiger partial charge in [-0.05, 0) is 49.2 Å². The lowest BCUT2D eigenvalue weighted by Crippen LogP contribution is -2.10. The summed E-state index contributed by atoms with van der Waals surface area (Å²) in [6.45, 7) is 1.24. The minimum Gasteiger partial charge on any atom is -0.493 e. The minimum atomic E-state index is 0.618. The first-order chi connectivity index (χ1) is 7.76. The van der Waals surface area contributed by atoms with E-state index >= 15 is 0 Å². The third-order valence-electron chi connectivity index (χ3n) is 2.53. The van der Waals surface area contributed by atoms with Crippen molar-refractivity contribution in [1.82, 2.24) is 0 Å². The fourth-order valence-electron chi connectivity index (χ4n) is 1.74. The summed E-state index contributed by atoms with van der Waals surface area (Å²) in [6, 6.07) is 3.97. The highest BCUT2D eigenvalue weighted by molar-refractivity contribution is 5.47. The van der Waals surface area contributed by atoms with E-state index in [4.69, 9.17) is 20.9 Å². The zero-order valence-electron chi connectivity index (χ0n) is 9.95. The van der Waals surface area contributed by atoms with Gasteiger partial charge in [-0.2, -0.15) is 0 Å². The molecule has 0 aliphatic rings. The molecule has 4 nitrogen and oxygen atoms in total. The third kappa shape index (κ3) is 2.87. The molecule has 1 aromatic rings. The van der Waals surface area contributed by atoms with Crippen molar-refractivity contribution in [1.29, 1.82) is 0 Å². The Bertz CT molecular complexity index is 307. The van der Waals surface area contributed by atoms with Crippen LogP contribution >= 0.6 is 0 Å². The van der Waals surface area contributed by atoms with Crippen molar-refractivity contribution in [2.24, 2.45) is 11.5 Å². The molecular formula is C12H20N2O2. The summed E-state index contributed by atoms with van der Waals surface area (Å²) in [7, 11) is 3.26. The molecule has 0 spiro atoms. The van der Waals surface area contributed by atoms with Crippen molar-refractivity contribution in [3.63, 3.8) is 0 Å². The molecule has 4 N–H and O–H groups in total. The molecule has 0 fully saturated rings. The van der Waals surface area contributed by atoms with Crippen LogP contribution in [0.15, 0.2) is 12.1 Å². The van der Waals surface area contributed by atoms with Crippen LogP contribution in [-0.2, 0) is 12.8 Å². The maximum atomic E-state index is 5.58. The highest BCUT2D eigenvalue weighted by Gasteiger charge is 2.09. The van der Waals surface area contributed by atoms with Gasteiger partial charge < -0.3 is 20.9 Å². The second-order valence-corrected chi connectivity index (χ2v) is 3.55. The minimum absolute atomic E-state index is 0.618. The van der Waals surface area contributed by atoms with E-state index in [0.29, 0.717) is 13.1 Å². The predicted octanol–water partition coefficient (Wildman–Crippen LogP) is 0.706. The van der Waals surface area contributed by atoms with Crippen LogP contribution in [0.1, 0.15) is 11.1 Å². The van der Waals surface area contributed by atoms with Gasteiger partial charge in [-0.15, -0.1) is 0 Å². The fourth-order valence-corrected chi connectivity index (χ4v) is 1.74. The smallest absolute Gasteiger partial charge is 0.161 e. The van der Waals surface area contributed by atoms with Gasteiger partial charge in [0.25, 0.3) is 0 Å². The number of hydrogen-bond donors (Lipinski definition) is 2. The molecule has 0 heterocycles. The van der Waals surface area contributed by atoms with Gasteiger partial charge in [0.1, 0.15) is 0 Å². The van der Waals surface area contributed by atoms with Gasteiger partial charge in [0, 0.05) is 0 Å². The van der Waals surface area contributed by atoms with E-state index in [1.807, 2.05) is 12.1 Å². The molecule has 0 saturated heterocycles. The number of benzene rings is 1. The highest BCUT2D eigenvalue weighted by Crippen LogP contribution is 2.30. The highest BCUT2D eigenvalue weighted by atomic mass is 16.5. The van der Waals surface area contributed by atoms with Crippen molar-refractivity contribution < 1.29 is 9.47 Å². The lowest BCUT2D eigenvalue weighted by molar-refractivity contribution is 0.354. The van der Waals surface area contributed by atoms with E-state index in [1.54, 1.807) is 14.2 Å². The molecule has 0 atom stereocenters. The SMILES string of the molecule is COc1cc(CCN)c(CCN)cc1OC. The molecule has 90 valence electrons. The Morgan fingerprint density at radius 2 is 1.25 bits per heavy atom. The number of hydrogen-bond acceptors (Lipinski definition) is 4. The molecule has 0 unspecified atom stereocenters. The van der Waals surface area contributed by atoms with Gasteiger partial charge in [-0.25, -0.2) is 0 Å². The molecule has 0 amide bonds. The molecule has 0 radical (unpaired) electrons. The topological polar surface area (TPSA) is 70.5 Å². The standard InChI is InChI=1S/C12H20N2O2/c1-15-11-7-9(3-5-13)10(4-6-14)8-12(11)16-2/h7-8H,3-6,13-14H2,1-2H3. The summed E-state index contributed by atoms with van der Waals surface area (Å²) >= 11 is 0. The van der Waals surface area contributed by atoms with Crippen LogP contribution in [0.2, 0.25) is 0 Å². The molecule has 1 aromatic carbocycles. The van der Waals surface area contributed by atoms with Crippen LogP contribution in [0.25, 0.3) is 0 Å². The first-order valence-corrected chi connectivity index (χ1v) is 5.40. The van der Waals surface area contributed by atoms with Gasteiger partial charge in [0.2, 0.25) is 0 Å². The first-order valence-electron chi connectivity index (χ1n) is 5.40. The van der Waals surface area contributed by atoms with Crippen LogP contribution in [0.4, 0.5) is 0 Å². The van der Waals surface area contributed by atoms with Crippen LogP contribution in [-0.4, -0.2) is 27.3 Å².